The Balaban J connectivity index is 2.36. The van der Waals surface area contributed by atoms with Gasteiger partial charge < -0.3 is 10.1 Å². The summed E-state index contributed by atoms with van der Waals surface area (Å²) in [5.74, 6) is -0.607. The van der Waals surface area contributed by atoms with Crippen LogP contribution in [0, 0.1) is 13.8 Å². The van der Waals surface area contributed by atoms with Gasteiger partial charge in [0.05, 0.1) is 4.90 Å². The van der Waals surface area contributed by atoms with Gasteiger partial charge in [0.25, 0.3) is 5.91 Å². The number of halogens is 2. The van der Waals surface area contributed by atoms with Gasteiger partial charge in [-0.05, 0) is 43.7 Å². The Kier molecular flexibility index (Phi) is 7.32. The van der Waals surface area contributed by atoms with Crippen LogP contribution in [0.1, 0.15) is 35.3 Å². The lowest BCUT2D eigenvalue weighted by atomic mass is 10.1. The zero-order valence-corrected chi connectivity index (χ0v) is 17.5. The molecule has 9 heteroatoms. The Morgan fingerprint density at radius 3 is 2.38 bits per heavy atom. The second-order valence-electron chi connectivity index (χ2n) is 6.33. The highest BCUT2D eigenvalue weighted by molar-refractivity contribution is 7.89. The van der Waals surface area contributed by atoms with Gasteiger partial charge in [-0.25, -0.2) is 8.42 Å². The third-order valence-corrected chi connectivity index (χ3v) is 6.71. The molecule has 0 aliphatic rings. The van der Waals surface area contributed by atoms with Gasteiger partial charge in [-0.2, -0.15) is 13.1 Å². The summed E-state index contributed by atoms with van der Waals surface area (Å²) in [6.07, 6.45) is 0. The monoisotopic (exact) mass is 426 g/mol. The van der Waals surface area contributed by atoms with E-state index in [0.29, 0.717) is 29.9 Å². The molecule has 0 unspecified atom stereocenters. The van der Waals surface area contributed by atoms with Crippen molar-refractivity contribution in [3.8, 4) is 5.75 Å². The van der Waals surface area contributed by atoms with Gasteiger partial charge in [-0.3, -0.25) is 4.79 Å². The van der Waals surface area contributed by atoms with Crippen molar-refractivity contribution in [2.75, 3.05) is 18.4 Å². The maximum atomic E-state index is 12.9. The van der Waals surface area contributed by atoms with Gasteiger partial charge in [0, 0.05) is 29.9 Å². The van der Waals surface area contributed by atoms with E-state index in [2.05, 4.69) is 10.1 Å². The lowest BCUT2D eigenvalue weighted by Gasteiger charge is -2.20. The molecular weight excluding hydrogens is 402 g/mol. The molecule has 0 saturated carbocycles. The Bertz CT molecular complexity index is 990. The number of sulfonamides is 1. The van der Waals surface area contributed by atoms with E-state index < -0.39 is 22.5 Å². The number of carbonyl (C=O) groups excluding carboxylic acids is 1. The first kappa shape index (κ1) is 22.8. The molecule has 0 spiro atoms. The second-order valence-corrected chi connectivity index (χ2v) is 8.24. The average Bonchev–Trinajstić information content (AvgIpc) is 2.65. The molecule has 2 rings (SSSR count). The van der Waals surface area contributed by atoms with E-state index in [0.717, 1.165) is 0 Å². The van der Waals surface area contributed by atoms with Gasteiger partial charge in [-0.15, -0.1) is 0 Å². The highest BCUT2D eigenvalue weighted by Gasteiger charge is 2.25. The quantitative estimate of drug-likeness (QED) is 0.687. The molecule has 2 aromatic carbocycles. The number of aryl methyl sites for hydroxylation is 1. The predicted octanol–water partition coefficient (Wildman–Crippen LogP) is 4.19. The third-order valence-electron chi connectivity index (χ3n) is 4.52. The molecule has 0 fully saturated rings. The molecule has 0 aromatic heterocycles. The first-order valence-corrected chi connectivity index (χ1v) is 10.5. The minimum Gasteiger partial charge on any atom is -0.434 e. The molecule has 6 nitrogen and oxygen atoms in total. The van der Waals surface area contributed by atoms with Crippen LogP contribution in [-0.4, -0.2) is 38.3 Å². The molecular formula is C20H24F2N2O4S. The van der Waals surface area contributed by atoms with E-state index in [1.807, 2.05) is 0 Å². The number of hydrogen-bond acceptors (Lipinski definition) is 4. The largest absolute Gasteiger partial charge is 0.434 e. The molecule has 0 saturated heterocycles. The van der Waals surface area contributed by atoms with Crippen LogP contribution >= 0.6 is 0 Å². The molecule has 0 heterocycles. The zero-order chi connectivity index (χ0) is 21.8. The molecule has 1 N–H and O–H groups in total. The Hall–Kier alpha value is -2.52. The Morgan fingerprint density at radius 2 is 1.79 bits per heavy atom. The summed E-state index contributed by atoms with van der Waals surface area (Å²) in [5, 5.41) is 2.62. The molecule has 0 aliphatic heterocycles. The number of amides is 1. The number of anilines is 1. The summed E-state index contributed by atoms with van der Waals surface area (Å²) < 4.78 is 56.5. The number of nitrogens with one attached hydrogen (secondary N) is 1. The summed E-state index contributed by atoms with van der Waals surface area (Å²) in [4.78, 5) is 12.7. The lowest BCUT2D eigenvalue weighted by Crippen LogP contribution is -2.31. The second kappa shape index (κ2) is 9.32. The number of ether oxygens (including phenoxy) is 1. The summed E-state index contributed by atoms with van der Waals surface area (Å²) in [7, 11) is -3.74. The number of benzene rings is 2. The molecule has 158 valence electrons. The topological polar surface area (TPSA) is 75.7 Å². The number of carbonyl (C=O) groups is 1. The molecule has 0 atom stereocenters. The number of hydrogen-bond donors (Lipinski definition) is 1. The van der Waals surface area contributed by atoms with E-state index in [1.165, 1.54) is 28.6 Å². The van der Waals surface area contributed by atoms with Crippen molar-refractivity contribution in [3.05, 3.63) is 53.1 Å². The molecule has 1 amide bonds. The van der Waals surface area contributed by atoms with Crippen molar-refractivity contribution in [1.82, 2.24) is 4.31 Å². The highest BCUT2D eigenvalue weighted by Crippen LogP contribution is 2.28. The highest BCUT2D eigenvalue weighted by atomic mass is 32.2. The van der Waals surface area contributed by atoms with Crippen molar-refractivity contribution in [1.29, 1.82) is 0 Å². The Labute approximate surface area is 169 Å². The fraction of sp³-hybridized carbons (Fsp3) is 0.350. The minimum atomic E-state index is -3.74. The van der Waals surface area contributed by atoms with Gasteiger partial charge in [0.15, 0.2) is 0 Å². The van der Waals surface area contributed by atoms with Crippen molar-refractivity contribution >= 4 is 21.6 Å². The fourth-order valence-corrected chi connectivity index (χ4v) is 4.60. The van der Waals surface area contributed by atoms with E-state index in [-0.39, 0.29) is 16.2 Å². The van der Waals surface area contributed by atoms with Crippen LogP contribution in [0.3, 0.4) is 0 Å². The van der Waals surface area contributed by atoms with Crippen molar-refractivity contribution < 1.29 is 26.7 Å². The van der Waals surface area contributed by atoms with E-state index in [9.17, 15) is 22.0 Å². The SMILES string of the molecule is CCN(CC)S(=O)(=O)c1cc(C(=O)Nc2cccc(OC(F)F)c2C)ccc1C. The minimum absolute atomic E-state index is 0.0495. The maximum Gasteiger partial charge on any atom is 0.387 e. The molecule has 0 bridgehead atoms. The molecule has 0 aliphatic carbocycles. The smallest absolute Gasteiger partial charge is 0.387 e. The number of alkyl halides is 2. The normalized spacial score (nSPS) is 11.7. The van der Waals surface area contributed by atoms with Gasteiger partial charge in [0.2, 0.25) is 10.0 Å². The van der Waals surface area contributed by atoms with Crippen LogP contribution in [0.2, 0.25) is 0 Å². The summed E-state index contributed by atoms with van der Waals surface area (Å²) >= 11 is 0. The molecule has 2 aromatic rings. The van der Waals surface area contributed by atoms with E-state index in [1.54, 1.807) is 39.8 Å². The third kappa shape index (κ3) is 5.10. The van der Waals surface area contributed by atoms with Gasteiger partial charge in [-0.1, -0.05) is 26.0 Å². The van der Waals surface area contributed by atoms with Gasteiger partial charge >= 0.3 is 6.61 Å². The average molecular weight is 426 g/mol. The van der Waals surface area contributed by atoms with Crippen molar-refractivity contribution in [2.45, 2.75) is 39.2 Å². The van der Waals surface area contributed by atoms with Crippen LogP contribution in [-0.2, 0) is 10.0 Å². The first-order chi connectivity index (χ1) is 13.6. The standard InChI is InChI=1S/C20H24F2N2O4S/c1-5-24(6-2)29(26,27)18-12-15(11-10-13(18)3)19(25)23-16-8-7-9-17(14(16)4)28-20(21)22/h7-12,20H,5-6H2,1-4H3,(H,23,25). The Morgan fingerprint density at radius 1 is 1.14 bits per heavy atom. The maximum absolute atomic E-state index is 12.9. The van der Waals surface area contributed by atoms with Crippen LogP contribution < -0.4 is 10.1 Å². The predicted molar refractivity (Wildman–Crippen MR) is 107 cm³/mol. The van der Waals surface area contributed by atoms with E-state index >= 15 is 0 Å². The van der Waals surface area contributed by atoms with Crippen LogP contribution in [0.15, 0.2) is 41.3 Å². The summed E-state index contributed by atoms with van der Waals surface area (Å²) in [6.45, 7) is 4.32. The number of nitrogens with zero attached hydrogens (tertiary/aromatic N) is 1. The summed E-state index contributed by atoms with van der Waals surface area (Å²) in [5.41, 5.74) is 1.30. The fourth-order valence-electron chi connectivity index (χ4n) is 2.89. The van der Waals surface area contributed by atoms with Crippen molar-refractivity contribution in [3.63, 3.8) is 0 Å². The van der Waals surface area contributed by atoms with Crippen LogP contribution in [0.4, 0.5) is 14.5 Å². The first-order valence-electron chi connectivity index (χ1n) is 9.08. The van der Waals surface area contributed by atoms with Crippen molar-refractivity contribution in [2.24, 2.45) is 0 Å². The van der Waals surface area contributed by atoms with Crippen LogP contribution in [0.5, 0.6) is 5.75 Å². The van der Waals surface area contributed by atoms with E-state index in [4.69, 9.17) is 0 Å². The zero-order valence-electron chi connectivity index (χ0n) is 16.7. The summed E-state index contributed by atoms with van der Waals surface area (Å²) in [6, 6.07) is 8.80. The van der Waals surface area contributed by atoms with Gasteiger partial charge in [0.1, 0.15) is 5.75 Å². The van der Waals surface area contributed by atoms with Crippen LogP contribution in [0.25, 0.3) is 0 Å². The molecule has 29 heavy (non-hydrogen) atoms. The molecule has 0 radical (unpaired) electrons. The number of rotatable bonds is 8. The lowest BCUT2D eigenvalue weighted by molar-refractivity contribution is -0.0502.